The molecular formula is C19H25N3O4S. The van der Waals surface area contributed by atoms with Gasteiger partial charge in [0.2, 0.25) is 15.9 Å². The molecule has 2 aromatic carbocycles. The Morgan fingerprint density at radius 2 is 1.67 bits per heavy atom. The third-order valence-electron chi connectivity index (χ3n) is 3.83. The van der Waals surface area contributed by atoms with Crippen LogP contribution in [0.1, 0.15) is 37.4 Å². The number of sulfonamides is 1. The van der Waals surface area contributed by atoms with Gasteiger partial charge in [-0.15, -0.1) is 0 Å². The maximum absolute atomic E-state index is 12.7. The average Bonchev–Trinajstić information content (AvgIpc) is 2.61. The van der Waals surface area contributed by atoms with Crippen molar-refractivity contribution in [2.45, 2.75) is 44.2 Å². The molecule has 1 atom stereocenters. The lowest BCUT2D eigenvalue weighted by Gasteiger charge is -2.19. The number of ether oxygens (including phenoxy) is 1. The summed E-state index contributed by atoms with van der Waals surface area (Å²) in [6, 6.07) is 12.6. The average molecular weight is 391 g/mol. The van der Waals surface area contributed by atoms with E-state index < -0.39 is 22.0 Å². The summed E-state index contributed by atoms with van der Waals surface area (Å²) in [6.45, 7) is 5.70. The number of hydrogen-bond acceptors (Lipinski definition) is 5. The molecule has 0 saturated carbocycles. The number of aryl methyl sites for hydroxylation is 1. The molecule has 2 rings (SSSR count). The number of hydrogen-bond donors (Lipinski definition) is 3. The molecule has 27 heavy (non-hydrogen) atoms. The van der Waals surface area contributed by atoms with Crippen LogP contribution in [0.3, 0.4) is 0 Å². The summed E-state index contributed by atoms with van der Waals surface area (Å²) < 4.78 is 33.6. The quantitative estimate of drug-likeness (QED) is 0.363. The number of benzene rings is 2. The fraction of sp³-hybridized carbons (Fsp3) is 0.316. The lowest BCUT2D eigenvalue weighted by Crippen LogP contribution is -2.36. The van der Waals surface area contributed by atoms with Gasteiger partial charge in [0.05, 0.1) is 17.0 Å². The van der Waals surface area contributed by atoms with Gasteiger partial charge >= 0.3 is 0 Å². The molecule has 0 heterocycles. The Hall–Kier alpha value is -2.42. The number of carbonyl (C=O) groups excluding carboxylic acids is 1. The third-order valence-corrected chi connectivity index (χ3v) is 5.32. The largest absolute Gasteiger partial charge is 0.491 e. The van der Waals surface area contributed by atoms with Crippen molar-refractivity contribution in [2.75, 3.05) is 0 Å². The van der Waals surface area contributed by atoms with Crippen molar-refractivity contribution in [2.24, 2.45) is 5.84 Å². The van der Waals surface area contributed by atoms with Crippen LogP contribution in [0.25, 0.3) is 0 Å². The van der Waals surface area contributed by atoms with E-state index in [2.05, 4.69) is 4.72 Å². The van der Waals surface area contributed by atoms with Crippen molar-refractivity contribution in [1.82, 2.24) is 10.1 Å². The summed E-state index contributed by atoms with van der Waals surface area (Å²) in [5, 5.41) is 0. The van der Waals surface area contributed by atoms with Crippen molar-refractivity contribution < 1.29 is 17.9 Å². The fourth-order valence-corrected chi connectivity index (χ4v) is 3.72. The summed E-state index contributed by atoms with van der Waals surface area (Å²) in [5.74, 6) is 5.36. The smallest absolute Gasteiger partial charge is 0.241 e. The molecule has 0 spiro atoms. The summed E-state index contributed by atoms with van der Waals surface area (Å²) in [4.78, 5) is 11.9. The highest BCUT2D eigenvalue weighted by Crippen LogP contribution is 2.23. The van der Waals surface area contributed by atoms with E-state index in [0.29, 0.717) is 11.3 Å². The van der Waals surface area contributed by atoms with Gasteiger partial charge < -0.3 is 4.74 Å². The molecule has 0 saturated heterocycles. The summed E-state index contributed by atoms with van der Waals surface area (Å²) in [5.41, 5.74) is 3.62. The lowest BCUT2D eigenvalue weighted by atomic mass is 10.0. The molecule has 0 aliphatic rings. The Bertz CT molecular complexity index is 863. The molecule has 0 fully saturated rings. The zero-order chi connectivity index (χ0) is 20.0. The molecule has 4 N–H and O–H groups in total. The molecule has 1 amide bonds. The molecule has 8 heteroatoms. The van der Waals surface area contributed by atoms with E-state index in [0.717, 1.165) is 5.56 Å². The van der Waals surface area contributed by atoms with E-state index in [4.69, 9.17) is 10.6 Å². The Morgan fingerprint density at radius 1 is 1.07 bits per heavy atom. The van der Waals surface area contributed by atoms with Gasteiger partial charge in [0.15, 0.2) is 0 Å². The standard InChI is InChI=1S/C19H25N3O4S/c1-13(2)26-16-8-6-15(7-9-16)18(12-19(23)21-20)22-27(24,25)17-10-4-14(3)5-11-17/h4-11,13,18,22H,12,20H2,1-3H3,(H,21,23)/t18-/m0/s1. The monoisotopic (exact) mass is 391 g/mol. The fourth-order valence-electron chi connectivity index (χ4n) is 2.50. The predicted octanol–water partition coefficient (Wildman–Crippen LogP) is 2.18. The first-order chi connectivity index (χ1) is 12.7. The minimum Gasteiger partial charge on any atom is -0.491 e. The van der Waals surface area contributed by atoms with Crippen molar-refractivity contribution in [3.8, 4) is 5.75 Å². The van der Waals surface area contributed by atoms with Crippen LogP contribution in [0.2, 0.25) is 0 Å². The zero-order valence-electron chi connectivity index (χ0n) is 15.6. The maximum Gasteiger partial charge on any atom is 0.241 e. The number of rotatable bonds is 8. The van der Waals surface area contributed by atoms with E-state index in [-0.39, 0.29) is 17.4 Å². The van der Waals surface area contributed by atoms with Gasteiger partial charge in [-0.2, -0.15) is 0 Å². The van der Waals surface area contributed by atoms with E-state index in [1.807, 2.05) is 26.2 Å². The highest BCUT2D eigenvalue weighted by atomic mass is 32.2. The highest BCUT2D eigenvalue weighted by molar-refractivity contribution is 7.89. The van der Waals surface area contributed by atoms with E-state index >= 15 is 0 Å². The van der Waals surface area contributed by atoms with Gasteiger partial charge in [-0.25, -0.2) is 19.0 Å². The van der Waals surface area contributed by atoms with Crippen molar-refractivity contribution in [3.63, 3.8) is 0 Å². The Morgan fingerprint density at radius 3 is 2.19 bits per heavy atom. The molecule has 7 nitrogen and oxygen atoms in total. The van der Waals surface area contributed by atoms with Crippen LogP contribution in [0.4, 0.5) is 0 Å². The van der Waals surface area contributed by atoms with Crippen molar-refractivity contribution in [3.05, 3.63) is 59.7 Å². The second kappa shape index (κ2) is 8.98. The molecule has 0 unspecified atom stereocenters. The Kier molecular flexibility index (Phi) is 6.95. The Balaban J connectivity index is 2.28. The maximum atomic E-state index is 12.7. The molecule has 0 aliphatic heterocycles. The topological polar surface area (TPSA) is 111 Å². The molecule has 2 aromatic rings. The van der Waals surface area contributed by atoms with Crippen LogP contribution < -0.4 is 20.7 Å². The van der Waals surface area contributed by atoms with Crippen LogP contribution in [-0.2, 0) is 14.8 Å². The highest BCUT2D eigenvalue weighted by Gasteiger charge is 2.23. The van der Waals surface area contributed by atoms with Crippen LogP contribution in [-0.4, -0.2) is 20.4 Å². The van der Waals surface area contributed by atoms with Gasteiger partial charge in [0.25, 0.3) is 0 Å². The van der Waals surface area contributed by atoms with E-state index in [9.17, 15) is 13.2 Å². The number of amides is 1. The van der Waals surface area contributed by atoms with Crippen molar-refractivity contribution in [1.29, 1.82) is 0 Å². The normalized spacial score (nSPS) is 12.6. The first-order valence-corrected chi connectivity index (χ1v) is 10.0. The van der Waals surface area contributed by atoms with Gasteiger partial charge in [-0.05, 0) is 50.6 Å². The van der Waals surface area contributed by atoms with Gasteiger partial charge in [0, 0.05) is 6.42 Å². The van der Waals surface area contributed by atoms with E-state index in [1.54, 1.807) is 36.4 Å². The zero-order valence-corrected chi connectivity index (χ0v) is 16.4. The van der Waals surface area contributed by atoms with Crippen LogP contribution in [0.5, 0.6) is 5.75 Å². The minimum absolute atomic E-state index is 0.0229. The number of nitrogens with two attached hydrogens (primary N) is 1. The van der Waals surface area contributed by atoms with Gasteiger partial charge in [-0.1, -0.05) is 29.8 Å². The molecule has 0 aliphatic carbocycles. The molecule has 0 aromatic heterocycles. The Labute approximate surface area is 159 Å². The third kappa shape index (κ3) is 6.06. The number of hydrazine groups is 1. The predicted molar refractivity (Wildman–Crippen MR) is 103 cm³/mol. The second-order valence-electron chi connectivity index (χ2n) is 6.49. The summed E-state index contributed by atoms with van der Waals surface area (Å²) >= 11 is 0. The summed E-state index contributed by atoms with van der Waals surface area (Å²) in [6.07, 6.45) is -0.110. The van der Waals surface area contributed by atoms with Gasteiger partial charge in [-0.3, -0.25) is 10.2 Å². The number of nitrogens with one attached hydrogen (secondary N) is 2. The SMILES string of the molecule is Cc1ccc(S(=O)(=O)N[C@@H](CC(=O)NN)c2ccc(OC(C)C)cc2)cc1. The molecular weight excluding hydrogens is 366 g/mol. The van der Waals surface area contributed by atoms with Crippen LogP contribution >= 0.6 is 0 Å². The van der Waals surface area contributed by atoms with Crippen molar-refractivity contribution >= 4 is 15.9 Å². The first kappa shape index (κ1) is 20.9. The van der Waals surface area contributed by atoms with Crippen LogP contribution in [0, 0.1) is 6.92 Å². The molecule has 146 valence electrons. The minimum atomic E-state index is -3.81. The van der Waals surface area contributed by atoms with Gasteiger partial charge in [0.1, 0.15) is 5.75 Å². The lowest BCUT2D eigenvalue weighted by molar-refractivity contribution is -0.121. The molecule has 0 bridgehead atoms. The van der Waals surface area contributed by atoms with Crippen LogP contribution in [0.15, 0.2) is 53.4 Å². The molecule has 0 radical (unpaired) electrons. The van der Waals surface area contributed by atoms with E-state index in [1.165, 1.54) is 12.1 Å². The summed E-state index contributed by atoms with van der Waals surface area (Å²) in [7, 11) is -3.81. The number of carbonyl (C=O) groups is 1. The first-order valence-electron chi connectivity index (χ1n) is 8.56. The second-order valence-corrected chi connectivity index (χ2v) is 8.21.